The summed E-state index contributed by atoms with van der Waals surface area (Å²) in [6, 6.07) is 6.31. The van der Waals surface area contributed by atoms with Crippen LogP contribution < -0.4 is 0 Å². The van der Waals surface area contributed by atoms with Gasteiger partial charge in [0.1, 0.15) is 5.82 Å². The largest absolute Gasteiger partial charge is 0.322 e. The Morgan fingerprint density at radius 1 is 1.20 bits per heavy atom. The average Bonchev–Trinajstić information content (AvgIpc) is 2.64. The molecule has 108 valence electrons. The summed E-state index contributed by atoms with van der Waals surface area (Å²) < 4.78 is 2.32. The van der Waals surface area contributed by atoms with E-state index >= 15 is 0 Å². The van der Waals surface area contributed by atoms with Crippen molar-refractivity contribution >= 4 is 34.2 Å². The standard InChI is InChI=1S/C16H20Cl2N2/c1-9(17)13-19-11-8-10(18)6-7-12(11)20(13)14-15(2,3)16(14,4)5/h6-9,14H,1-5H3. The normalized spacial score (nSPS) is 22.1. The molecule has 1 aromatic heterocycles. The lowest BCUT2D eigenvalue weighted by molar-refractivity contribution is 0.457. The van der Waals surface area contributed by atoms with Crippen LogP contribution in [0.1, 0.15) is 51.9 Å². The van der Waals surface area contributed by atoms with Crippen LogP contribution in [0.5, 0.6) is 0 Å². The fourth-order valence-electron chi connectivity index (χ4n) is 3.45. The van der Waals surface area contributed by atoms with Crippen LogP contribution in [-0.2, 0) is 0 Å². The maximum atomic E-state index is 6.36. The second-order valence-electron chi connectivity index (χ2n) is 6.93. The van der Waals surface area contributed by atoms with Gasteiger partial charge in [-0.1, -0.05) is 39.3 Å². The summed E-state index contributed by atoms with van der Waals surface area (Å²) in [6.45, 7) is 11.2. The van der Waals surface area contributed by atoms with E-state index in [0.29, 0.717) is 11.1 Å². The lowest BCUT2D eigenvalue weighted by atomic mass is 10.0. The predicted octanol–water partition coefficient (Wildman–Crippen LogP) is 5.60. The summed E-state index contributed by atoms with van der Waals surface area (Å²) in [5.41, 5.74) is 2.53. The van der Waals surface area contributed by atoms with Crippen LogP contribution >= 0.6 is 23.2 Å². The van der Waals surface area contributed by atoms with Crippen molar-refractivity contribution in [1.29, 1.82) is 0 Å². The maximum Gasteiger partial charge on any atom is 0.128 e. The lowest BCUT2D eigenvalue weighted by Gasteiger charge is -2.12. The van der Waals surface area contributed by atoms with Crippen LogP contribution in [-0.4, -0.2) is 9.55 Å². The third-order valence-electron chi connectivity index (χ3n) is 5.24. The van der Waals surface area contributed by atoms with Gasteiger partial charge in [0, 0.05) is 11.1 Å². The molecule has 0 aliphatic heterocycles. The molecule has 1 unspecified atom stereocenters. The molecular weight excluding hydrogens is 291 g/mol. The zero-order valence-corrected chi connectivity index (χ0v) is 14.0. The van der Waals surface area contributed by atoms with Crippen molar-refractivity contribution in [3.63, 3.8) is 0 Å². The zero-order valence-electron chi connectivity index (χ0n) is 12.5. The topological polar surface area (TPSA) is 17.8 Å². The van der Waals surface area contributed by atoms with Gasteiger partial charge >= 0.3 is 0 Å². The van der Waals surface area contributed by atoms with Crippen LogP contribution in [0.2, 0.25) is 5.02 Å². The van der Waals surface area contributed by atoms with Crippen molar-refractivity contribution in [2.75, 3.05) is 0 Å². The van der Waals surface area contributed by atoms with E-state index in [9.17, 15) is 0 Å². The highest BCUT2D eigenvalue weighted by Gasteiger charge is 2.66. The molecular formula is C16H20Cl2N2. The summed E-state index contributed by atoms with van der Waals surface area (Å²) in [5, 5.41) is 0.596. The number of alkyl halides is 1. The summed E-state index contributed by atoms with van der Waals surface area (Å²) in [5.74, 6) is 0.938. The maximum absolute atomic E-state index is 6.36. The average molecular weight is 311 g/mol. The molecule has 3 rings (SSSR count). The smallest absolute Gasteiger partial charge is 0.128 e. The molecule has 0 spiro atoms. The molecule has 1 saturated carbocycles. The molecule has 0 radical (unpaired) electrons. The Morgan fingerprint density at radius 2 is 1.80 bits per heavy atom. The van der Waals surface area contributed by atoms with Gasteiger partial charge in [-0.3, -0.25) is 0 Å². The summed E-state index contributed by atoms with van der Waals surface area (Å²) in [6.07, 6.45) is 0. The molecule has 2 nitrogen and oxygen atoms in total. The molecule has 1 aliphatic rings. The van der Waals surface area contributed by atoms with E-state index < -0.39 is 0 Å². The summed E-state index contributed by atoms with van der Waals surface area (Å²) >= 11 is 12.4. The molecule has 4 heteroatoms. The van der Waals surface area contributed by atoms with E-state index in [4.69, 9.17) is 28.2 Å². The van der Waals surface area contributed by atoms with Crippen molar-refractivity contribution in [3.8, 4) is 0 Å². The Labute approximate surface area is 130 Å². The minimum absolute atomic E-state index is 0.117. The van der Waals surface area contributed by atoms with E-state index in [-0.39, 0.29) is 16.2 Å². The first-order valence-electron chi connectivity index (χ1n) is 6.99. The van der Waals surface area contributed by atoms with E-state index in [1.54, 1.807) is 0 Å². The molecule has 1 heterocycles. The first kappa shape index (κ1) is 14.2. The predicted molar refractivity (Wildman–Crippen MR) is 85.6 cm³/mol. The van der Waals surface area contributed by atoms with Gasteiger partial charge in [0.05, 0.1) is 16.4 Å². The number of halogens is 2. The summed E-state index contributed by atoms with van der Waals surface area (Å²) in [7, 11) is 0. The molecule has 20 heavy (non-hydrogen) atoms. The van der Waals surface area contributed by atoms with Crippen molar-refractivity contribution in [2.24, 2.45) is 10.8 Å². The second-order valence-corrected chi connectivity index (χ2v) is 8.03. The molecule has 1 atom stereocenters. The molecule has 2 aromatic rings. The van der Waals surface area contributed by atoms with Gasteiger partial charge < -0.3 is 4.57 Å². The van der Waals surface area contributed by atoms with E-state index in [2.05, 4.69) is 38.3 Å². The first-order chi connectivity index (χ1) is 9.18. The number of hydrogen-bond donors (Lipinski definition) is 0. The van der Waals surface area contributed by atoms with Crippen LogP contribution in [0.25, 0.3) is 11.0 Å². The monoisotopic (exact) mass is 310 g/mol. The minimum Gasteiger partial charge on any atom is -0.322 e. The Balaban J connectivity index is 2.27. The van der Waals surface area contributed by atoms with Crippen molar-refractivity contribution in [3.05, 3.63) is 29.0 Å². The Kier molecular flexibility index (Phi) is 2.94. The van der Waals surface area contributed by atoms with Gasteiger partial charge in [-0.2, -0.15) is 0 Å². The van der Waals surface area contributed by atoms with Crippen LogP contribution in [0, 0.1) is 10.8 Å². The Morgan fingerprint density at radius 3 is 2.30 bits per heavy atom. The molecule has 0 N–H and O–H groups in total. The number of benzene rings is 1. The molecule has 0 bridgehead atoms. The SMILES string of the molecule is CC(Cl)c1nc2cc(Cl)ccc2n1C1C(C)(C)C1(C)C. The number of fused-ring (bicyclic) bond motifs is 1. The Hall–Kier alpha value is -0.730. The zero-order chi connectivity index (χ0) is 14.9. The minimum atomic E-state index is -0.117. The second kappa shape index (κ2) is 4.14. The third kappa shape index (κ3) is 1.74. The van der Waals surface area contributed by atoms with Crippen molar-refractivity contribution in [2.45, 2.75) is 46.0 Å². The van der Waals surface area contributed by atoms with Crippen molar-refractivity contribution < 1.29 is 0 Å². The number of rotatable bonds is 2. The number of hydrogen-bond acceptors (Lipinski definition) is 1. The highest BCUT2D eigenvalue weighted by Crippen LogP contribution is 2.72. The molecule has 1 fully saturated rings. The van der Waals surface area contributed by atoms with E-state index in [1.807, 2.05) is 19.1 Å². The molecule has 1 aromatic carbocycles. The van der Waals surface area contributed by atoms with Gasteiger partial charge in [0.2, 0.25) is 0 Å². The molecule has 0 saturated heterocycles. The van der Waals surface area contributed by atoms with Gasteiger partial charge in [-0.05, 0) is 36.0 Å². The summed E-state index contributed by atoms with van der Waals surface area (Å²) in [4.78, 5) is 4.71. The number of nitrogens with zero attached hydrogens (tertiary/aromatic N) is 2. The quantitative estimate of drug-likeness (QED) is 0.660. The van der Waals surface area contributed by atoms with Crippen LogP contribution in [0.4, 0.5) is 0 Å². The first-order valence-corrected chi connectivity index (χ1v) is 7.81. The number of aromatic nitrogens is 2. The van der Waals surface area contributed by atoms with Gasteiger partial charge in [0.15, 0.2) is 0 Å². The van der Waals surface area contributed by atoms with Crippen LogP contribution in [0.15, 0.2) is 18.2 Å². The van der Waals surface area contributed by atoms with Crippen LogP contribution in [0.3, 0.4) is 0 Å². The molecule has 1 aliphatic carbocycles. The van der Waals surface area contributed by atoms with Gasteiger partial charge in [-0.25, -0.2) is 4.98 Å². The highest BCUT2D eigenvalue weighted by molar-refractivity contribution is 6.31. The number of imidazole rings is 1. The highest BCUT2D eigenvalue weighted by atomic mass is 35.5. The lowest BCUT2D eigenvalue weighted by Crippen LogP contribution is -2.06. The third-order valence-corrected chi connectivity index (χ3v) is 5.67. The van der Waals surface area contributed by atoms with Gasteiger partial charge in [-0.15, -0.1) is 11.6 Å². The Bertz CT molecular complexity index is 669. The fourth-order valence-corrected chi connectivity index (χ4v) is 3.77. The van der Waals surface area contributed by atoms with Gasteiger partial charge in [0.25, 0.3) is 0 Å². The fraction of sp³-hybridized carbons (Fsp3) is 0.562. The molecule has 0 amide bonds. The van der Waals surface area contributed by atoms with E-state index in [1.165, 1.54) is 0 Å². The van der Waals surface area contributed by atoms with E-state index in [0.717, 1.165) is 16.9 Å². The van der Waals surface area contributed by atoms with Crippen molar-refractivity contribution in [1.82, 2.24) is 9.55 Å².